The molecule has 0 amide bonds. The van der Waals surface area contributed by atoms with E-state index in [0.717, 1.165) is 24.6 Å². The monoisotopic (exact) mass is 460 g/mol. The van der Waals surface area contributed by atoms with Gasteiger partial charge in [-0.15, -0.1) is 0 Å². The third kappa shape index (κ3) is 24.0. The number of halogens is 1. The summed E-state index contributed by atoms with van der Waals surface area (Å²) in [6, 6.07) is 0. The van der Waals surface area contributed by atoms with E-state index in [-0.39, 0.29) is 5.97 Å². The van der Waals surface area contributed by atoms with Gasteiger partial charge in [0.05, 0.1) is 6.61 Å². The van der Waals surface area contributed by atoms with Gasteiger partial charge < -0.3 is 4.74 Å². The van der Waals surface area contributed by atoms with Gasteiger partial charge in [0.2, 0.25) is 0 Å². The Morgan fingerprint density at radius 1 is 0.571 bits per heavy atom. The molecule has 0 N–H and O–H groups in total. The van der Waals surface area contributed by atoms with Crippen molar-refractivity contribution in [3.05, 3.63) is 0 Å². The van der Waals surface area contributed by atoms with Crippen molar-refractivity contribution in [1.29, 1.82) is 0 Å². The Balaban J connectivity index is 3.06. The number of hydrogen-bond acceptors (Lipinski definition) is 2. The van der Waals surface area contributed by atoms with Gasteiger partial charge in [-0.1, -0.05) is 132 Å². The first-order valence-electron chi connectivity index (χ1n) is 12.5. The Labute approximate surface area is 185 Å². The molecule has 0 fully saturated rings. The Morgan fingerprint density at radius 3 is 1.36 bits per heavy atom. The van der Waals surface area contributed by atoms with Gasteiger partial charge in [0.25, 0.3) is 0 Å². The average molecular weight is 462 g/mol. The highest BCUT2D eigenvalue weighted by Crippen LogP contribution is 2.14. The van der Waals surface area contributed by atoms with Crippen LogP contribution in [0.15, 0.2) is 0 Å². The second-order valence-electron chi connectivity index (χ2n) is 8.38. The number of hydrogen-bond donors (Lipinski definition) is 0. The summed E-state index contributed by atoms with van der Waals surface area (Å²) in [5, 5.41) is 0.972. The van der Waals surface area contributed by atoms with Crippen LogP contribution in [0.25, 0.3) is 0 Å². The second-order valence-corrected chi connectivity index (χ2v) is 9.17. The molecule has 0 aliphatic heterocycles. The molecule has 0 rings (SSSR count). The number of unbranched alkanes of at least 4 members (excludes halogenated alkanes) is 18. The van der Waals surface area contributed by atoms with Crippen LogP contribution in [0, 0.1) is 0 Å². The first-order chi connectivity index (χ1) is 13.8. The van der Waals surface area contributed by atoms with Crippen LogP contribution in [0.3, 0.4) is 0 Å². The maximum atomic E-state index is 11.5. The predicted octanol–water partition coefficient (Wildman–Crippen LogP) is 9.14. The van der Waals surface area contributed by atoms with Crippen molar-refractivity contribution in [2.24, 2.45) is 0 Å². The van der Waals surface area contributed by atoms with Gasteiger partial charge in [-0.3, -0.25) is 4.79 Å². The van der Waals surface area contributed by atoms with Crippen LogP contribution in [-0.4, -0.2) is 17.9 Å². The highest BCUT2D eigenvalue weighted by atomic mass is 79.9. The largest absolute Gasteiger partial charge is 0.466 e. The Morgan fingerprint density at radius 2 is 0.964 bits per heavy atom. The second kappa shape index (κ2) is 25.0. The number of esters is 1. The number of carbonyl (C=O) groups excluding carboxylic acids is 1. The summed E-state index contributed by atoms with van der Waals surface area (Å²) in [7, 11) is 0. The lowest BCUT2D eigenvalue weighted by molar-refractivity contribution is -0.143. The summed E-state index contributed by atoms with van der Waals surface area (Å²) in [5.41, 5.74) is 0. The molecule has 3 heteroatoms. The minimum absolute atomic E-state index is 0.0204. The molecule has 0 atom stereocenters. The molecule has 0 radical (unpaired) electrons. The van der Waals surface area contributed by atoms with Crippen molar-refractivity contribution in [3.63, 3.8) is 0 Å². The van der Waals surface area contributed by atoms with Crippen LogP contribution in [0.4, 0.5) is 0 Å². The Hall–Kier alpha value is -0.0500. The zero-order valence-corrected chi connectivity index (χ0v) is 20.5. The zero-order valence-electron chi connectivity index (χ0n) is 19.0. The lowest BCUT2D eigenvalue weighted by Gasteiger charge is -2.05. The highest BCUT2D eigenvalue weighted by molar-refractivity contribution is 9.09. The van der Waals surface area contributed by atoms with E-state index >= 15 is 0 Å². The third-order valence-corrected chi connectivity index (χ3v) is 6.09. The van der Waals surface area contributed by atoms with Crippen molar-refractivity contribution in [3.8, 4) is 0 Å². The number of carbonyl (C=O) groups is 1. The molecule has 0 bridgehead atoms. The molecular weight excluding hydrogens is 412 g/mol. The van der Waals surface area contributed by atoms with Crippen LogP contribution in [-0.2, 0) is 9.53 Å². The summed E-state index contributed by atoms with van der Waals surface area (Å²) >= 11 is 3.38. The third-order valence-electron chi connectivity index (χ3n) is 5.53. The fourth-order valence-corrected chi connectivity index (χ4v) is 4.02. The van der Waals surface area contributed by atoms with Gasteiger partial charge in [-0.2, -0.15) is 0 Å². The van der Waals surface area contributed by atoms with Crippen LogP contribution in [0.5, 0.6) is 0 Å². The topological polar surface area (TPSA) is 26.3 Å². The Kier molecular flexibility index (Phi) is 24.9. The number of ether oxygens (including phenoxy) is 1. The molecule has 0 spiro atoms. The first kappa shape index (κ1) is 27.9. The van der Waals surface area contributed by atoms with E-state index in [1.165, 1.54) is 109 Å². The van der Waals surface area contributed by atoms with Crippen molar-refractivity contribution >= 4 is 21.9 Å². The summed E-state index contributed by atoms with van der Waals surface area (Å²) in [6.45, 7) is 2.91. The van der Waals surface area contributed by atoms with Crippen LogP contribution >= 0.6 is 15.9 Å². The molecular formula is C25H49BrO2. The number of alkyl halides is 1. The van der Waals surface area contributed by atoms with E-state index in [1.807, 2.05) is 0 Å². The summed E-state index contributed by atoms with van der Waals surface area (Å²) in [5.74, 6) is -0.0204. The van der Waals surface area contributed by atoms with Gasteiger partial charge in [0.1, 0.15) is 0 Å². The van der Waals surface area contributed by atoms with Crippen molar-refractivity contribution in [1.82, 2.24) is 0 Å². The van der Waals surface area contributed by atoms with E-state index in [0.29, 0.717) is 13.0 Å². The lowest BCUT2D eigenvalue weighted by Crippen LogP contribution is -2.05. The molecule has 0 aromatic heterocycles. The standard InChI is InChI=1S/C25H49BrO2/c1-2-3-4-5-6-7-8-9-10-11-12-13-14-15-16-17-18-21-24-28-25(27)22-19-20-23-26/h2-24H2,1H3. The highest BCUT2D eigenvalue weighted by Gasteiger charge is 2.01. The van der Waals surface area contributed by atoms with Gasteiger partial charge in [-0.25, -0.2) is 0 Å². The van der Waals surface area contributed by atoms with Crippen LogP contribution < -0.4 is 0 Å². The molecule has 0 aromatic rings. The van der Waals surface area contributed by atoms with E-state index in [4.69, 9.17) is 4.74 Å². The van der Waals surface area contributed by atoms with Crippen molar-refractivity contribution in [2.75, 3.05) is 11.9 Å². The van der Waals surface area contributed by atoms with E-state index in [1.54, 1.807) is 0 Å². The molecule has 0 heterocycles. The maximum absolute atomic E-state index is 11.5. The number of rotatable bonds is 23. The van der Waals surface area contributed by atoms with Gasteiger partial charge in [0, 0.05) is 11.8 Å². The minimum Gasteiger partial charge on any atom is -0.466 e. The van der Waals surface area contributed by atoms with Gasteiger partial charge >= 0.3 is 5.97 Å². The van der Waals surface area contributed by atoms with Crippen molar-refractivity contribution < 1.29 is 9.53 Å². The van der Waals surface area contributed by atoms with Gasteiger partial charge in [0.15, 0.2) is 0 Å². The quantitative estimate of drug-likeness (QED) is 0.0861. The zero-order chi connectivity index (χ0) is 20.5. The molecule has 0 unspecified atom stereocenters. The van der Waals surface area contributed by atoms with Crippen molar-refractivity contribution in [2.45, 2.75) is 142 Å². The average Bonchev–Trinajstić information content (AvgIpc) is 2.70. The maximum Gasteiger partial charge on any atom is 0.305 e. The van der Waals surface area contributed by atoms with Gasteiger partial charge in [-0.05, 0) is 19.3 Å². The fourth-order valence-electron chi connectivity index (χ4n) is 3.63. The van der Waals surface area contributed by atoms with Crippen LogP contribution in [0.2, 0.25) is 0 Å². The Bertz CT molecular complexity index is 307. The molecule has 28 heavy (non-hydrogen) atoms. The first-order valence-corrected chi connectivity index (χ1v) is 13.6. The molecule has 0 aliphatic rings. The van der Waals surface area contributed by atoms with E-state index in [2.05, 4.69) is 22.9 Å². The summed E-state index contributed by atoms with van der Waals surface area (Å²) in [6.07, 6.45) is 27.5. The SMILES string of the molecule is CCCCCCCCCCCCCCCCCCCCOC(=O)CCCCBr. The van der Waals surface area contributed by atoms with Crippen LogP contribution in [0.1, 0.15) is 142 Å². The predicted molar refractivity (Wildman–Crippen MR) is 127 cm³/mol. The smallest absolute Gasteiger partial charge is 0.305 e. The molecule has 168 valence electrons. The molecule has 0 saturated heterocycles. The minimum atomic E-state index is -0.0204. The molecule has 2 nitrogen and oxygen atoms in total. The normalized spacial score (nSPS) is 11.1. The molecule has 0 aromatic carbocycles. The molecule has 0 saturated carbocycles. The fraction of sp³-hybridized carbons (Fsp3) is 0.960. The summed E-state index contributed by atoms with van der Waals surface area (Å²) in [4.78, 5) is 11.5. The molecule has 0 aliphatic carbocycles. The van der Waals surface area contributed by atoms with E-state index in [9.17, 15) is 4.79 Å². The van der Waals surface area contributed by atoms with E-state index < -0.39 is 0 Å². The summed E-state index contributed by atoms with van der Waals surface area (Å²) < 4.78 is 5.26. The lowest BCUT2D eigenvalue weighted by atomic mass is 10.0.